The third-order valence-electron chi connectivity index (χ3n) is 6.57. The molecule has 0 radical (unpaired) electrons. The van der Waals surface area contributed by atoms with Gasteiger partial charge < -0.3 is 15.2 Å². The first-order chi connectivity index (χ1) is 19.5. The molecule has 13 heteroatoms. The lowest BCUT2D eigenvalue weighted by atomic mass is 10.1. The molecular formula is C28H26FN7O4S. The van der Waals surface area contributed by atoms with E-state index in [1.807, 2.05) is 19.1 Å². The van der Waals surface area contributed by atoms with E-state index in [0.717, 1.165) is 10.5 Å². The molecule has 210 valence electrons. The van der Waals surface area contributed by atoms with Crippen LogP contribution in [0.4, 0.5) is 14.9 Å². The summed E-state index contributed by atoms with van der Waals surface area (Å²) in [6.45, 7) is 6.94. The van der Waals surface area contributed by atoms with Crippen molar-refractivity contribution in [3.63, 3.8) is 0 Å². The molecule has 0 saturated carbocycles. The van der Waals surface area contributed by atoms with Crippen LogP contribution in [0.2, 0.25) is 0 Å². The minimum atomic E-state index is -1.21. The number of benzene rings is 2. The standard InChI is InChI=1S/C28H26FN7O4S/c1-13-6-18(25-21(7-13)34-22(12-33-25)26(37)30-5)27-35-20-8-19(29)23(9-24(20)41-27)40-15(3)14(2)36(28(38)39)17-10-31-16(4)32-11-17/h6-12,14-15H,1-5H3,(H,30,37)(H,38,39)/t14-,15+/m1/s1. The van der Waals surface area contributed by atoms with Gasteiger partial charge in [0, 0.05) is 24.7 Å². The number of hydrogen-bond acceptors (Lipinski definition) is 9. The molecule has 0 aliphatic heterocycles. The molecular weight excluding hydrogens is 549 g/mol. The largest absolute Gasteiger partial charge is 0.485 e. The van der Waals surface area contributed by atoms with E-state index in [2.05, 4.69) is 30.2 Å². The first-order valence-corrected chi connectivity index (χ1v) is 13.4. The molecule has 0 unspecified atom stereocenters. The summed E-state index contributed by atoms with van der Waals surface area (Å²) in [5.41, 5.74) is 3.63. The quantitative estimate of drug-likeness (QED) is 0.269. The van der Waals surface area contributed by atoms with Gasteiger partial charge in [-0.15, -0.1) is 11.3 Å². The van der Waals surface area contributed by atoms with Crippen LogP contribution in [-0.2, 0) is 0 Å². The number of ether oxygens (including phenoxy) is 1. The Morgan fingerprint density at radius 3 is 2.44 bits per heavy atom. The molecule has 0 saturated heterocycles. The smallest absolute Gasteiger partial charge is 0.412 e. The van der Waals surface area contributed by atoms with E-state index in [1.165, 1.54) is 43.0 Å². The highest BCUT2D eigenvalue weighted by Crippen LogP contribution is 2.37. The molecule has 0 aliphatic carbocycles. The van der Waals surface area contributed by atoms with Gasteiger partial charge in [-0.25, -0.2) is 29.1 Å². The lowest BCUT2D eigenvalue weighted by Gasteiger charge is -2.30. The van der Waals surface area contributed by atoms with Gasteiger partial charge >= 0.3 is 6.09 Å². The molecule has 0 fully saturated rings. The van der Waals surface area contributed by atoms with Crippen molar-refractivity contribution in [2.45, 2.75) is 39.8 Å². The average Bonchev–Trinajstić information content (AvgIpc) is 3.35. The summed E-state index contributed by atoms with van der Waals surface area (Å²) in [7, 11) is 1.52. The molecule has 2 atom stereocenters. The third kappa shape index (κ3) is 5.48. The van der Waals surface area contributed by atoms with Crippen LogP contribution in [0.15, 0.2) is 42.9 Å². The number of hydrogen-bond donors (Lipinski definition) is 2. The number of nitrogens with zero attached hydrogens (tertiary/aromatic N) is 6. The molecule has 5 aromatic rings. The van der Waals surface area contributed by atoms with Crippen LogP contribution in [-0.4, -0.2) is 61.2 Å². The van der Waals surface area contributed by atoms with Crippen molar-refractivity contribution in [2.75, 3.05) is 11.9 Å². The minimum Gasteiger partial charge on any atom is -0.485 e. The van der Waals surface area contributed by atoms with Gasteiger partial charge in [-0.3, -0.25) is 14.7 Å². The molecule has 0 aliphatic rings. The monoisotopic (exact) mass is 575 g/mol. The van der Waals surface area contributed by atoms with Crippen molar-refractivity contribution < 1.29 is 23.8 Å². The average molecular weight is 576 g/mol. The number of rotatable bonds is 7. The molecule has 41 heavy (non-hydrogen) atoms. The molecule has 0 spiro atoms. The first-order valence-electron chi connectivity index (χ1n) is 12.6. The van der Waals surface area contributed by atoms with E-state index in [0.29, 0.717) is 37.6 Å². The van der Waals surface area contributed by atoms with Crippen molar-refractivity contribution in [3.05, 3.63) is 65.8 Å². The van der Waals surface area contributed by atoms with Crippen molar-refractivity contribution >= 4 is 50.3 Å². The molecule has 2 N–H and O–H groups in total. The van der Waals surface area contributed by atoms with Crippen LogP contribution in [0.1, 0.15) is 35.7 Å². The highest BCUT2D eigenvalue weighted by molar-refractivity contribution is 7.21. The van der Waals surface area contributed by atoms with E-state index in [1.54, 1.807) is 26.8 Å². The van der Waals surface area contributed by atoms with Gasteiger partial charge in [0.05, 0.1) is 51.6 Å². The second-order valence-corrected chi connectivity index (χ2v) is 10.5. The van der Waals surface area contributed by atoms with Gasteiger partial charge in [-0.2, -0.15) is 0 Å². The van der Waals surface area contributed by atoms with Crippen molar-refractivity contribution in [2.24, 2.45) is 0 Å². The van der Waals surface area contributed by atoms with Crippen LogP contribution in [0.3, 0.4) is 0 Å². The Morgan fingerprint density at radius 1 is 1.02 bits per heavy atom. The van der Waals surface area contributed by atoms with E-state index in [9.17, 15) is 14.7 Å². The summed E-state index contributed by atoms with van der Waals surface area (Å²) >= 11 is 1.33. The van der Waals surface area contributed by atoms with Crippen LogP contribution in [0.5, 0.6) is 5.75 Å². The number of carboxylic acid groups (broad SMARTS) is 1. The van der Waals surface area contributed by atoms with Crippen LogP contribution < -0.4 is 15.0 Å². The number of aromatic nitrogens is 5. The Balaban J connectivity index is 1.46. The van der Waals surface area contributed by atoms with E-state index >= 15 is 4.39 Å². The second kappa shape index (κ2) is 11.0. The normalized spacial score (nSPS) is 12.7. The Labute approximate surface area is 238 Å². The van der Waals surface area contributed by atoms with E-state index < -0.39 is 24.1 Å². The number of halogens is 1. The summed E-state index contributed by atoms with van der Waals surface area (Å²) in [5.74, 6) is -0.484. The van der Waals surface area contributed by atoms with Gasteiger partial charge in [0.1, 0.15) is 22.6 Å². The van der Waals surface area contributed by atoms with Gasteiger partial charge in [-0.1, -0.05) is 0 Å². The number of fused-ring (bicyclic) bond motifs is 2. The molecule has 0 bridgehead atoms. The summed E-state index contributed by atoms with van der Waals surface area (Å²) in [4.78, 5) is 46.9. The number of aryl methyl sites for hydroxylation is 2. The number of carbonyl (C=O) groups excluding carboxylic acids is 1. The summed E-state index contributed by atoms with van der Waals surface area (Å²) in [5, 5.41) is 13.0. The molecule has 2 amide bonds. The van der Waals surface area contributed by atoms with Gasteiger partial charge in [0.25, 0.3) is 5.91 Å². The van der Waals surface area contributed by atoms with Crippen molar-refractivity contribution in [3.8, 4) is 16.3 Å². The number of amides is 2. The van der Waals surface area contributed by atoms with Crippen molar-refractivity contribution in [1.29, 1.82) is 0 Å². The molecule has 3 aromatic heterocycles. The Morgan fingerprint density at radius 2 is 1.76 bits per heavy atom. The molecule has 3 heterocycles. The maximum atomic E-state index is 15.2. The predicted octanol–water partition coefficient (Wildman–Crippen LogP) is 5.15. The fourth-order valence-corrected chi connectivity index (χ4v) is 5.33. The van der Waals surface area contributed by atoms with Gasteiger partial charge in [-0.05, 0) is 45.4 Å². The van der Waals surface area contributed by atoms with E-state index in [-0.39, 0.29) is 23.0 Å². The van der Waals surface area contributed by atoms with Crippen molar-refractivity contribution in [1.82, 2.24) is 30.2 Å². The lowest BCUT2D eigenvalue weighted by molar-refractivity contribution is 0.0958. The zero-order chi connectivity index (χ0) is 29.4. The summed E-state index contributed by atoms with van der Waals surface area (Å²) in [6, 6.07) is 5.91. The highest BCUT2D eigenvalue weighted by Gasteiger charge is 2.29. The Bertz CT molecular complexity index is 1790. The third-order valence-corrected chi connectivity index (χ3v) is 7.63. The lowest BCUT2D eigenvalue weighted by Crippen LogP contribution is -2.46. The first kappa shape index (κ1) is 27.8. The zero-order valence-corrected chi connectivity index (χ0v) is 23.7. The van der Waals surface area contributed by atoms with Crippen LogP contribution >= 0.6 is 11.3 Å². The zero-order valence-electron chi connectivity index (χ0n) is 22.8. The number of carbonyl (C=O) groups is 2. The molecule has 11 nitrogen and oxygen atoms in total. The molecule has 2 aromatic carbocycles. The Kier molecular flexibility index (Phi) is 7.45. The SMILES string of the molecule is CNC(=O)c1cnc2c(-c3nc4cc(F)c(O[C@@H](C)[C@@H](C)N(C(=O)O)c5cnc(C)nc5)cc4s3)cc(C)cc2n1. The van der Waals surface area contributed by atoms with E-state index in [4.69, 9.17) is 4.74 Å². The number of nitrogens with one attached hydrogen (secondary N) is 1. The maximum absolute atomic E-state index is 15.2. The highest BCUT2D eigenvalue weighted by atomic mass is 32.1. The second-order valence-electron chi connectivity index (χ2n) is 9.49. The summed E-state index contributed by atoms with van der Waals surface area (Å²) in [6.07, 6.45) is 2.31. The number of anilines is 1. The fraction of sp³-hybridized carbons (Fsp3) is 0.250. The predicted molar refractivity (Wildman–Crippen MR) is 153 cm³/mol. The van der Waals surface area contributed by atoms with Gasteiger partial charge in [0.2, 0.25) is 0 Å². The van der Waals surface area contributed by atoms with Crippen LogP contribution in [0, 0.1) is 19.7 Å². The minimum absolute atomic E-state index is 0.0262. The summed E-state index contributed by atoms with van der Waals surface area (Å²) < 4.78 is 21.8. The molecule has 5 rings (SSSR count). The van der Waals surface area contributed by atoms with Crippen LogP contribution in [0.25, 0.3) is 31.8 Å². The topological polar surface area (TPSA) is 143 Å². The van der Waals surface area contributed by atoms with Gasteiger partial charge in [0.15, 0.2) is 11.6 Å². The number of thiazole rings is 1. The Hall–Kier alpha value is -4.78. The maximum Gasteiger partial charge on any atom is 0.412 e. The fourth-order valence-electron chi connectivity index (χ4n) is 4.34.